The standard InChI is InChI=1S/C17H21N3O4S/c1-24-16-7-5-14(6-8-16)11-19-17(21)13-20(25(2,22)23)12-15-4-3-9-18-10-15/h3-10H,11-13H2,1-2H3,(H,19,21). The lowest BCUT2D eigenvalue weighted by Gasteiger charge is -2.19. The maximum atomic E-state index is 12.1. The van der Waals surface area contributed by atoms with Crippen LogP contribution in [0.4, 0.5) is 0 Å². The number of amides is 1. The van der Waals surface area contributed by atoms with Gasteiger partial charge in [0, 0.05) is 25.5 Å². The molecule has 25 heavy (non-hydrogen) atoms. The van der Waals surface area contributed by atoms with Crippen LogP contribution in [0.3, 0.4) is 0 Å². The van der Waals surface area contributed by atoms with Crippen molar-refractivity contribution in [3.05, 3.63) is 59.9 Å². The fourth-order valence-corrected chi connectivity index (χ4v) is 2.88. The van der Waals surface area contributed by atoms with E-state index in [0.29, 0.717) is 6.54 Å². The predicted octanol–water partition coefficient (Wildman–Crippen LogP) is 1.17. The van der Waals surface area contributed by atoms with Crippen LogP contribution in [0.5, 0.6) is 5.75 Å². The molecule has 0 saturated carbocycles. The van der Waals surface area contributed by atoms with Crippen LogP contribution < -0.4 is 10.1 Å². The molecule has 2 rings (SSSR count). The van der Waals surface area contributed by atoms with Gasteiger partial charge in [0.25, 0.3) is 0 Å². The van der Waals surface area contributed by atoms with Gasteiger partial charge in [0.2, 0.25) is 15.9 Å². The highest BCUT2D eigenvalue weighted by molar-refractivity contribution is 7.88. The summed E-state index contributed by atoms with van der Waals surface area (Å²) in [6.45, 7) is 0.167. The summed E-state index contributed by atoms with van der Waals surface area (Å²) in [6, 6.07) is 10.8. The Kier molecular flexibility index (Phi) is 6.49. The van der Waals surface area contributed by atoms with Crippen LogP contribution in [0.15, 0.2) is 48.8 Å². The zero-order valence-electron chi connectivity index (χ0n) is 14.2. The SMILES string of the molecule is COc1ccc(CNC(=O)CN(Cc2cccnc2)S(C)(=O)=O)cc1. The summed E-state index contributed by atoms with van der Waals surface area (Å²) in [6.07, 6.45) is 4.27. The number of hydrogen-bond acceptors (Lipinski definition) is 5. The van der Waals surface area contributed by atoms with Crippen molar-refractivity contribution < 1.29 is 17.9 Å². The Hall–Kier alpha value is -2.45. The third-order valence-corrected chi connectivity index (χ3v) is 4.72. The molecule has 1 aromatic carbocycles. The van der Waals surface area contributed by atoms with Gasteiger partial charge in [-0.3, -0.25) is 9.78 Å². The van der Waals surface area contributed by atoms with Crippen molar-refractivity contribution >= 4 is 15.9 Å². The smallest absolute Gasteiger partial charge is 0.235 e. The summed E-state index contributed by atoms with van der Waals surface area (Å²) in [4.78, 5) is 16.1. The molecule has 0 radical (unpaired) electrons. The van der Waals surface area contributed by atoms with Gasteiger partial charge in [-0.25, -0.2) is 8.42 Å². The maximum Gasteiger partial charge on any atom is 0.235 e. The van der Waals surface area contributed by atoms with Crippen molar-refractivity contribution in [3.63, 3.8) is 0 Å². The molecule has 0 atom stereocenters. The number of aromatic nitrogens is 1. The van der Waals surface area contributed by atoms with Crippen LogP contribution in [-0.2, 0) is 27.9 Å². The quantitative estimate of drug-likeness (QED) is 0.760. The zero-order chi connectivity index (χ0) is 18.3. The average Bonchev–Trinajstić information content (AvgIpc) is 2.60. The molecule has 1 N–H and O–H groups in total. The van der Waals surface area contributed by atoms with Gasteiger partial charge in [-0.05, 0) is 29.3 Å². The molecule has 0 aliphatic carbocycles. The summed E-state index contributed by atoms with van der Waals surface area (Å²) in [5.41, 5.74) is 1.61. The lowest BCUT2D eigenvalue weighted by Crippen LogP contribution is -2.39. The molecular weight excluding hydrogens is 342 g/mol. The molecule has 8 heteroatoms. The highest BCUT2D eigenvalue weighted by Gasteiger charge is 2.20. The number of pyridine rings is 1. The largest absolute Gasteiger partial charge is 0.497 e. The molecule has 2 aromatic rings. The van der Waals surface area contributed by atoms with Crippen molar-refractivity contribution in [3.8, 4) is 5.75 Å². The minimum absolute atomic E-state index is 0.0998. The van der Waals surface area contributed by atoms with E-state index >= 15 is 0 Å². The molecule has 0 bridgehead atoms. The Bertz CT molecular complexity index is 792. The van der Waals surface area contributed by atoms with Gasteiger partial charge in [-0.2, -0.15) is 4.31 Å². The number of rotatable bonds is 8. The molecule has 0 fully saturated rings. The normalized spacial score (nSPS) is 11.3. The topological polar surface area (TPSA) is 88.6 Å². The van der Waals surface area contributed by atoms with E-state index in [0.717, 1.165) is 27.4 Å². The van der Waals surface area contributed by atoms with E-state index in [9.17, 15) is 13.2 Å². The fraction of sp³-hybridized carbons (Fsp3) is 0.294. The van der Waals surface area contributed by atoms with Gasteiger partial charge < -0.3 is 10.1 Å². The van der Waals surface area contributed by atoms with Crippen LogP contribution in [0.1, 0.15) is 11.1 Å². The van der Waals surface area contributed by atoms with E-state index in [1.807, 2.05) is 12.1 Å². The number of carbonyl (C=O) groups excluding carboxylic acids is 1. The second-order valence-corrected chi connectivity index (χ2v) is 7.50. The number of benzene rings is 1. The number of carbonyl (C=O) groups is 1. The van der Waals surface area contributed by atoms with Gasteiger partial charge in [0.1, 0.15) is 5.75 Å². The first-order chi connectivity index (χ1) is 11.9. The number of nitrogens with one attached hydrogen (secondary N) is 1. The van der Waals surface area contributed by atoms with E-state index in [-0.39, 0.29) is 19.0 Å². The van der Waals surface area contributed by atoms with E-state index in [1.165, 1.54) is 0 Å². The molecule has 1 aromatic heterocycles. The maximum absolute atomic E-state index is 12.1. The molecule has 0 saturated heterocycles. The Morgan fingerprint density at radius 3 is 2.48 bits per heavy atom. The monoisotopic (exact) mass is 363 g/mol. The number of nitrogens with zero attached hydrogens (tertiary/aromatic N) is 2. The lowest BCUT2D eigenvalue weighted by atomic mass is 10.2. The van der Waals surface area contributed by atoms with Crippen molar-refractivity contribution in [2.75, 3.05) is 19.9 Å². The third kappa shape index (κ3) is 6.17. The summed E-state index contributed by atoms with van der Waals surface area (Å²) < 4.78 is 30.0. The molecule has 1 heterocycles. The van der Waals surface area contributed by atoms with Gasteiger partial charge in [-0.15, -0.1) is 0 Å². The van der Waals surface area contributed by atoms with Crippen LogP contribution in [0.2, 0.25) is 0 Å². The minimum atomic E-state index is -3.52. The van der Waals surface area contributed by atoms with E-state index < -0.39 is 10.0 Å². The second-order valence-electron chi connectivity index (χ2n) is 5.52. The van der Waals surface area contributed by atoms with Crippen molar-refractivity contribution in [2.24, 2.45) is 0 Å². The highest BCUT2D eigenvalue weighted by Crippen LogP contribution is 2.11. The van der Waals surface area contributed by atoms with Crippen LogP contribution in [-0.4, -0.2) is 43.5 Å². The summed E-state index contributed by atoms with van der Waals surface area (Å²) >= 11 is 0. The van der Waals surface area contributed by atoms with Crippen molar-refractivity contribution in [1.82, 2.24) is 14.6 Å². The molecule has 0 spiro atoms. The summed E-state index contributed by atoms with van der Waals surface area (Å²) in [5, 5.41) is 2.72. The molecule has 0 aliphatic rings. The molecule has 0 unspecified atom stereocenters. The van der Waals surface area contributed by atoms with Gasteiger partial charge in [-0.1, -0.05) is 18.2 Å². The van der Waals surface area contributed by atoms with E-state index in [2.05, 4.69) is 10.3 Å². The second kappa shape index (κ2) is 8.59. The predicted molar refractivity (Wildman–Crippen MR) is 94.3 cm³/mol. The molecular formula is C17H21N3O4S. The minimum Gasteiger partial charge on any atom is -0.497 e. The summed E-state index contributed by atoms with van der Waals surface area (Å²) in [7, 11) is -1.94. The Balaban J connectivity index is 1.94. The lowest BCUT2D eigenvalue weighted by molar-refractivity contribution is -0.121. The third-order valence-electron chi connectivity index (χ3n) is 3.52. The molecule has 1 amide bonds. The van der Waals surface area contributed by atoms with Gasteiger partial charge >= 0.3 is 0 Å². The summed E-state index contributed by atoms with van der Waals surface area (Å²) in [5.74, 6) is 0.361. The average molecular weight is 363 g/mol. The van der Waals surface area contributed by atoms with E-state index in [1.54, 1.807) is 43.8 Å². The first-order valence-electron chi connectivity index (χ1n) is 7.62. The van der Waals surface area contributed by atoms with Crippen LogP contribution in [0, 0.1) is 0 Å². The van der Waals surface area contributed by atoms with Crippen molar-refractivity contribution in [1.29, 1.82) is 0 Å². The Labute approximate surface area is 147 Å². The molecule has 134 valence electrons. The number of methoxy groups -OCH3 is 1. The van der Waals surface area contributed by atoms with Gasteiger partial charge in [0.15, 0.2) is 0 Å². The first kappa shape index (κ1) is 18.9. The molecule has 7 nitrogen and oxygen atoms in total. The Morgan fingerprint density at radius 2 is 1.92 bits per heavy atom. The number of ether oxygens (including phenoxy) is 1. The Morgan fingerprint density at radius 1 is 1.20 bits per heavy atom. The fourth-order valence-electron chi connectivity index (χ4n) is 2.15. The molecule has 0 aliphatic heterocycles. The number of sulfonamides is 1. The van der Waals surface area contributed by atoms with E-state index in [4.69, 9.17) is 4.74 Å². The van der Waals surface area contributed by atoms with Gasteiger partial charge in [0.05, 0.1) is 19.9 Å². The highest BCUT2D eigenvalue weighted by atomic mass is 32.2. The first-order valence-corrected chi connectivity index (χ1v) is 9.47. The van der Waals surface area contributed by atoms with Crippen LogP contribution in [0.25, 0.3) is 0 Å². The van der Waals surface area contributed by atoms with Crippen LogP contribution >= 0.6 is 0 Å². The number of hydrogen-bond donors (Lipinski definition) is 1. The zero-order valence-corrected chi connectivity index (χ0v) is 15.0. The van der Waals surface area contributed by atoms with Crippen molar-refractivity contribution in [2.45, 2.75) is 13.1 Å².